The zero-order valence-electron chi connectivity index (χ0n) is 8.94. The molecule has 0 saturated carbocycles. The summed E-state index contributed by atoms with van der Waals surface area (Å²) in [5.74, 6) is 0. The van der Waals surface area contributed by atoms with Gasteiger partial charge >= 0.3 is 0 Å². The molecule has 1 aromatic heterocycles. The van der Waals surface area contributed by atoms with Gasteiger partial charge in [-0.1, -0.05) is 0 Å². The van der Waals surface area contributed by atoms with E-state index in [-0.39, 0.29) is 6.54 Å². The van der Waals surface area contributed by atoms with Gasteiger partial charge in [-0.15, -0.1) is 11.3 Å². The van der Waals surface area contributed by atoms with E-state index in [4.69, 9.17) is 5.11 Å². The standard InChI is InChI=1S/C9H15NO3S2/c1-6-4-9(14-8(6)3)15(12,13)10-5-7(2)11/h4,7,10-11H,5H2,1-3H3. The third-order valence-electron chi connectivity index (χ3n) is 1.98. The minimum absolute atomic E-state index is 0.0400. The van der Waals surface area contributed by atoms with Crippen molar-refractivity contribution in [3.63, 3.8) is 0 Å². The molecule has 1 atom stereocenters. The van der Waals surface area contributed by atoms with E-state index in [0.717, 1.165) is 10.4 Å². The van der Waals surface area contributed by atoms with Gasteiger partial charge in [-0.05, 0) is 32.4 Å². The van der Waals surface area contributed by atoms with Gasteiger partial charge in [-0.3, -0.25) is 0 Å². The molecule has 0 bridgehead atoms. The van der Waals surface area contributed by atoms with E-state index in [9.17, 15) is 8.42 Å². The van der Waals surface area contributed by atoms with Crippen LogP contribution in [0.4, 0.5) is 0 Å². The molecule has 0 saturated heterocycles. The Morgan fingerprint density at radius 1 is 1.53 bits per heavy atom. The Hall–Kier alpha value is -0.430. The van der Waals surface area contributed by atoms with Gasteiger partial charge in [0.25, 0.3) is 0 Å². The Labute approximate surface area is 94.0 Å². The van der Waals surface area contributed by atoms with Crippen LogP contribution in [0.5, 0.6) is 0 Å². The summed E-state index contributed by atoms with van der Waals surface area (Å²) < 4.78 is 26.0. The first kappa shape index (κ1) is 12.6. The van der Waals surface area contributed by atoms with Crippen LogP contribution in [0.25, 0.3) is 0 Å². The first-order valence-electron chi connectivity index (χ1n) is 4.57. The van der Waals surface area contributed by atoms with Crippen LogP contribution in [0.3, 0.4) is 0 Å². The summed E-state index contributed by atoms with van der Waals surface area (Å²) in [6, 6.07) is 1.64. The third-order valence-corrected chi connectivity index (χ3v) is 5.03. The minimum Gasteiger partial charge on any atom is -0.392 e. The molecule has 0 aliphatic rings. The monoisotopic (exact) mass is 249 g/mol. The number of hydrogen-bond acceptors (Lipinski definition) is 4. The number of aliphatic hydroxyl groups is 1. The molecule has 0 aliphatic heterocycles. The number of thiophene rings is 1. The minimum atomic E-state index is -3.45. The van der Waals surface area contributed by atoms with Gasteiger partial charge in [0.15, 0.2) is 0 Å². The van der Waals surface area contributed by atoms with Crippen molar-refractivity contribution in [1.29, 1.82) is 0 Å². The predicted molar refractivity (Wildman–Crippen MR) is 60.7 cm³/mol. The number of aryl methyl sites for hydroxylation is 2. The third kappa shape index (κ3) is 3.27. The van der Waals surface area contributed by atoms with E-state index in [1.54, 1.807) is 6.07 Å². The molecule has 4 nitrogen and oxygen atoms in total. The molecule has 1 heterocycles. The molecule has 0 spiro atoms. The molecule has 1 aromatic rings. The molecular formula is C9H15NO3S2. The topological polar surface area (TPSA) is 66.4 Å². The molecule has 15 heavy (non-hydrogen) atoms. The lowest BCUT2D eigenvalue weighted by molar-refractivity contribution is 0.198. The highest BCUT2D eigenvalue weighted by Gasteiger charge is 2.17. The molecular weight excluding hydrogens is 234 g/mol. The molecule has 86 valence electrons. The normalized spacial score (nSPS) is 14.1. The van der Waals surface area contributed by atoms with Crippen molar-refractivity contribution in [3.05, 3.63) is 16.5 Å². The first-order valence-corrected chi connectivity index (χ1v) is 6.87. The van der Waals surface area contributed by atoms with Crippen molar-refractivity contribution in [2.24, 2.45) is 0 Å². The molecule has 0 aromatic carbocycles. The molecule has 2 N–H and O–H groups in total. The Bertz CT molecular complexity index is 415. The summed E-state index contributed by atoms with van der Waals surface area (Å²) in [6.07, 6.45) is -0.679. The molecule has 1 rings (SSSR count). The van der Waals surface area contributed by atoms with Crippen molar-refractivity contribution < 1.29 is 13.5 Å². The number of nitrogens with one attached hydrogen (secondary N) is 1. The SMILES string of the molecule is Cc1cc(S(=O)(=O)NCC(C)O)sc1C. The van der Waals surface area contributed by atoms with Crippen LogP contribution in [0.15, 0.2) is 10.3 Å². The van der Waals surface area contributed by atoms with Crippen LogP contribution >= 0.6 is 11.3 Å². The fourth-order valence-electron chi connectivity index (χ4n) is 0.973. The van der Waals surface area contributed by atoms with E-state index in [0.29, 0.717) is 4.21 Å². The predicted octanol–water partition coefficient (Wildman–Crippen LogP) is 1.02. The molecule has 0 radical (unpaired) electrons. The zero-order valence-corrected chi connectivity index (χ0v) is 10.6. The van der Waals surface area contributed by atoms with Crippen molar-refractivity contribution in [1.82, 2.24) is 4.72 Å². The van der Waals surface area contributed by atoms with Crippen LogP contribution in [0.1, 0.15) is 17.4 Å². The van der Waals surface area contributed by atoms with Crippen LogP contribution in [-0.4, -0.2) is 26.2 Å². The summed E-state index contributed by atoms with van der Waals surface area (Å²) in [7, 11) is -3.45. The molecule has 0 amide bonds. The Kier molecular flexibility index (Phi) is 3.88. The van der Waals surface area contributed by atoms with Gasteiger partial charge in [-0.25, -0.2) is 13.1 Å². The Morgan fingerprint density at radius 3 is 2.53 bits per heavy atom. The average Bonchev–Trinajstić information content (AvgIpc) is 2.45. The summed E-state index contributed by atoms with van der Waals surface area (Å²) in [5.41, 5.74) is 0.970. The first-order chi connectivity index (χ1) is 6.83. The lowest BCUT2D eigenvalue weighted by atomic mass is 10.3. The maximum Gasteiger partial charge on any atom is 0.250 e. The van der Waals surface area contributed by atoms with Crippen LogP contribution in [-0.2, 0) is 10.0 Å². The van der Waals surface area contributed by atoms with Crippen LogP contribution in [0, 0.1) is 13.8 Å². The maximum absolute atomic E-state index is 11.7. The quantitative estimate of drug-likeness (QED) is 0.837. The summed E-state index contributed by atoms with van der Waals surface area (Å²) >= 11 is 1.24. The summed E-state index contributed by atoms with van der Waals surface area (Å²) in [6.45, 7) is 5.33. The fourth-order valence-corrected chi connectivity index (χ4v) is 3.66. The highest BCUT2D eigenvalue weighted by Crippen LogP contribution is 2.24. The summed E-state index contributed by atoms with van der Waals surface area (Å²) in [4.78, 5) is 0.993. The van der Waals surface area contributed by atoms with Crippen molar-refractivity contribution in [2.45, 2.75) is 31.1 Å². The van der Waals surface area contributed by atoms with Gasteiger partial charge in [-0.2, -0.15) is 0 Å². The molecule has 0 aliphatic carbocycles. The lowest BCUT2D eigenvalue weighted by Gasteiger charge is -2.05. The van der Waals surface area contributed by atoms with Gasteiger partial charge in [0.05, 0.1) is 6.10 Å². The van der Waals surface area contributed by atoms with Crippen LogP contribution < -0.4 is 4.72 Å². The zero-order chi connectivity index (χ0) is 11.6. The summed E-state index contributed by atoms with van der Waals surface area (Å²) in [5, 5.41) is 9.00. The Morgan fingerprint density at radius 2 is 2.13 bits per heavy atom. The molecule has 6 heteroatoms. The lowest BCUT2D eigenvalue weighted by Crippen LogP contribution is -2.30. The number of aliphatic hydroxyl groups excluding tert-OH is 1. The second-order valence-corrected chi connectivity index (χ2v) is 6.76. The number of hydrogen-bond donors (Lipinski definition) is 2. The van der Waals surface area contributed by atoms with E-state index in [1.165, 1.54) is 18.3 Å². The smallest absolute Gasteiger partial charge is 0.250 e. The molecule has 1 unspecified atom stereocenters. The van der Waals surface area contributed by atoms with Gasteiger partial charge in [0.2, 0.25) is 10.0 Å². The maximum atomic E-state index is 11.7. The van der Waals surface area contributed by atoms with E-state index in [2.05, 4.69) is 4.72 Å². The van der Waals surface area contributed by atoms with Gasteiger partial charge in [0.1, 0.15) is 4.21 Å². The Balaban J connectivity index is 2.87. The van der Waals surface area contributed by atoms with Crippen molar-refractivity contribution >= 4 is 21.4 Å². The average molecular weight is 249 g/mol. The fraction of sp³-hybridized carbons (Fsp3) is 0.556. The number of sulfonamides is 1. The van der Waals surface area contributed by atoms with E-state index in [1.807, 2.05) is 13.8 Å². The largest absolute Gasteiger partial charge is 0.392 e. The van der Waals surface area contributed by atoms with Gasteiger partial charge < -0.3 is 5.11 Å². The highest BCUT2D eigenvalue weighted by atomic mass is 32.2. The second kappa shape index (κ2) is 4.61. The van der Waals surface area contributed by atoms with Crippen molar-refractivity contribution in [3.8, 4) is 0 Å². The highest BCUT2D eigenvalue weighted by molar-refractivity contribution is 7.91. The van der Waals surface area contributed by atoms with Gasteiger partial charge in [0, 0.05) is 11.4 Å². The molecule has 0 fully saturated rings. The number of rotatable bonds is 4. The van der Waals surface area contributed by atoms with Crippen molar-refractivity contribution in [2.75, 3.05) is 6.54 Å². The van der Waals surface area contributed by atoms with Crippen LogP contribution in [0.2, 0.25) is 0 Å². The van der Waals surface area contributed by atoms with E-state index < -0.39 is 16.1 Å². The second-order valence-electron chi connectivity index (χ2n) is 3.51. The van der Waals surface area contributed by atoms with E-state index >= 15 is 0 Å².